The molecule has 2 aromatic carbocycles. The van der Waals surface area contributed by atoms with Crippen molar-refractivity contribution in [3.8, 4) is 11.3 Å². The first-order valence-corrected chi connectivity index (χ1v) is 10.00. The van der Waals surface area contributed by atoms with Gasteiger partial charge < -0.3 is 8.97 Å². The number of benzene rings is 2. The second-order valence-corrected chi connectivity index (χ2v) is 7.74. The Balaban J connectivity index is 1.54. The van der Waals surface area contributed by atoms with Crippen molar-refractivity contribution in [2.24, 2.45) is 5.10 Å². The monoisotopic (exact) mass is 397 g/mol. The van der Waals surface area contributed by atoms with Gasteiger partial charge in [-0.2, -0.15) is 5.10 Å². The van der Waals surface area contributed by atoms with E-state index >= 15 is 0 Å². The van der Waals surface area contributed by atoms with E-state index in [2.05, 4.69) is 15.5 Å². The first-order chi connectivity index (χ1) is 13.1. The van der Waals surface area contributed by atoms with E-state index in [0.29, 0.717) is 27.3 Å². The van der Waals surface area contributed by atoms with Crippen LogP contribution in [0.5, 0.6) is 0 Å². The fourth-order valence-electron chi connectivity index (χ4n) is 2.55. The lowest BCUT2D eigenvalue weighted by molar-refractivity contribution is 0.564. The molecule has 136 valence electrons. The van der Waals surface area contributed by atoms with E-state index in [9.17, 15) is 8.76 Å². The van der Waals surface area contributed by atoms with Gasteiger partial charge in [-0.05, 0) is 43.3 Å². The number of aromatic nitrogens is 1. The molecule has 0 aliphatic rings. The summed E-state index contributed by atoms with van der Waals surface area (Å²) in [6, 6.07) is 18.3. The summed E-state index contributed by atoms with van der Waals surface area (Å²) in [5, 5.41) is 5.05. The molecule has 27 heavy (non-hydrogen) atoms. The van der Waals surface area contributed by atoms with E-state index in [4.69, 9.17) is 4.42 Å². The molecule has 1 unspecified atom stereocenters. The molecule has 0 aliphatic carbocycles. The normalized spacial score (nSPS) is 13.0. The second kappa shape index (κ2) is 7.43. The topological polar surface area (TPSA) is 87.7 Å². The second-order valence-electron chi connectivity index (χ2n) is 5.74. The maximum atomic E-state index is 11.2. The number of anilines is 1. The molecule has 0 bridgehead atoms. The lowest BCUT2D eigenvalue weighted by Crippen LogP contribution is -1.97. The summed E-state index contributed by atoms with van der Waals surface area (Å²) >= 11 is -0.499. The van der Waals surface area contributed by atoms with Gasteiger partial charge in [-0.1, -0.05) is 35.6 Å². The highest BCUT2D eigenvalue weighted by atomic mass is 32.2. The molecule has 0 radical (unpaired) electrons. The minimum absolute atomic E-state index is 0.327. The number of para-hydroxylation sites is 1. The lowest BCUT2D eigenvalue weighted by atomic mass is 10.2. The predicted octanol–water partition coefficient (Wildman–Crippen LogP) is 4.97. The van der Waals surface area contributed by atoms with Crippen molar-refractivity contribution < 1.29 is 13.2 Å². The Hall–Kier alpha value is -2.81. The van der Waals surface area contributed by atoms with Crippen LogP contribution in [0.15, 0.2) is 75.1 Å². The van der Waals surface area contributed by atoms with Crippen LogP contribution in [0.3, 0.4) is 0 Å². The maximum absolute atomic E-state index is 11.2. The average Bonchev–Trinajstić information content (AvgIpc) is 3.33. The number of thiazole rings is 1. The van der Waals surface area contributed by atoms with Gasteiger partial charge in [0.25, 0.3) is 0 Å². The van der Waals surface area contributed by atoms with Crippen LogP contribution in [-0.2, 0) is 11.1 Å². The number of hydrogen-bond donors (Lipinski definition) is 2. The Morgan fingerprint density at radius 2 is 2.04 bits per heavy atom. The quantitative estimate of drug-likeness (QED) is 0.282. The molecule has 2 heterocycles. The number of furan rings is 1. The average molecular weight is 397 g/mol. The van der Waals surface area contributed by atoms with Gasteiger partial charge in [-0.25, -0.2) is 9.19 Å². The Morgan fingerprint density at radius 3 is 2.85 bits per heavy atom. The van der Waals surface area contributed by atoms with Gasteiger partial charge >= 0.3 is 0 Å². The molecule has 0 amide bonds. The Kier molecular flexibility index (Phi) is 4.85. The van der Waals surface area contributed by atoms with Crippen molar-refractivity contribution in [1.82, 2.24) is 4.98 Å². The third-order valence-corrected chi connectivity index (χ3v) is 5.49. The minimum Gasteiger partial charge on any atom is -0.455 e. The number of nitrogens with zero attached hydrogens (tertiary/aromatic N) is 2. The maximum Gasteiger partial charge on any atom is 0.204 e. The fourth-order valence-corrected chi connectivity index (χ4v) is 3.78. The first kappa shape index (κ1) is 17.6. The van der Waals surface area contributed by atoms with Crippen LogP contribution in [0.25, 0.3) is 21.5 Å². The minimum atomic E-state index is -2.03. The molecule has 1 atom stereocenters. The van der Waals surface area contributed by atoms with Crippen molar-refractivity contribution in [2.45, 2.75) is 11.8 Å². The van der Waals surface area contributed by atoms with Gasteiger partial charge in [-0.3, -0.25) is 5.43 Å². The molecule has 0 saturated carbocycles. The number of nitrogens with one attached hydrogen (secondary N) is 1. The van der Waals surface area contributed by atoms with Crippen molar-refractivity contribution >= 4 is 43.5 Å². The molecule has 8 heteroatoms. The lowest BCUT2D eigenvalue weighted by Gasteiger charge is -2.00. The molecule has 4 aromatic rings. The summed E-state index contributed by atoms with van der Waals surface area (Å²) in [5.41, 5.74) is 5.30. The fraction of sp³-hybridized carbons (Fsp3) is 0.0526. The van der Waals surface area contributed by atoms with Crippen molar-refractivity contribution in [3.05, 3.63) is 66.4 Å². The third-order valence-electron chi connectivity index (χ3n) is 3.90. The van der Waals surface area contributed by atoms with Gasteiger partial charge in [-0.15, -0.1) is 0 Å². The molecule has 0 aliphatic heterocycles. The molecule has 2 aromatic heterocycles. The molecule has 4 rings (SSSR count). The summed E-state index contributed by atoms with van der Waals surface area (Å²) in [7, 11) is 0. The zero-order valence-corrected chi connectivity index (χ0v) is 15.9. The SMILES string of the molecule is C/C(=N\Nc1nc2ccccc2s1)c1ccc(-c2cccc(S(=O)O)c2)o1. The largest absolute Gasteiger partial charge is 0.455 e. The summed E-state index contributed by atoms with van der Waals surface area (Å²) in [5.74, 6) is 1.21. The molecule has 0 spiro atoms. The zero-order chi connectivity index (χ0) is 18.8. The number of hydrazone groups is 1. The van der Waals surface area contributed by atoms with Crippen LogP contribution in [-0.4, -0.2) is 19.5 Å². The van der Waals surface area contributed by atoms with Crippen LogP contribution in [0.4, 0.5) is 5.13 Å². The van der Waals surface area contributed by atoms with Gasteiger partial charge in [0.05, 0.1) is 15.1 Å². The molecular formula is C19H15N3O3S2. The zero-order valence-electron chi connectivity index (χ0n) is 14.2. The van der Waals surface area contributed by atoms with Crippen LogP contribution in [0.1, 0.15) is 12.7 Å². The van der Waals surface area contributed by atoms with Crippen LogP contribution < -0.4 is 5.43 Å². The highest BCUT2D eigenvalue weighted by Crippen LogP contribution is 2.26. The van der Waals surface area contributed by atoms with Gasteiger partial charge in [0.2, 0.25) is 5.13 Å². The van der Waals surface area contributed by atoms with Crippen LogP contribution in [0, 0.1) is 0 Å². The summed E-state index contributed by atoms with van der Waals surface area (Å²) < 4.78 is 27.4. The van der Waals surface area contributed by atoms with Gasteiger partial charge in [0.15, 0.2) is 16.8 Å². The molecular weight excluding hydrogens is 382 g/mol. The van der Waals surface area contributed by atoms with Crippen molar-refractivity contribution in [3.63, 3.8) is 0 Å². The molecule has 6 nitrogen and oxygen atoms in total. The summed E-state index contributed by atoms with van der Waals surface area (Å²) in [4.78, 5) is 4.80. The van der Waals surface area contributed by atoms with Gasteiger partial charge in [0, 0.05) is 5.56 Å². The number of fused-ring (bicyclic) bond motifs is 1. The number of hydrogen-bond acceptors (Lipinski definition) is 6. The Bertz CT molecular complexity index is 1130. The van der Waals surface area contributed by atoms with E-state index in [-0.39, 0.29) is 0 Å². The summed E-state index contributed by atoms with van der Waals surface area (Å²) in [6.45, 7) is 1.84. The first-order valence-electron chi connectivity index (χ1n) is 8.07. The smallest absolute Gasteiger partial charge is 0.204 e. The van der Waals surface area contributed by atoms with Crippen molar-refractivity contribution in [2.75, 3.05) is 5.43 Å². The highest BCUT2D eigenvalue weighted by molar-refractivity contribution is 7.79. The van der Waals surface area contributed by atoms with Crippen molar-refractivity contribution in [1.29, 1.82) is 0 Å². The van der Waals surface area contributed by atoms with E-state index in [1.807, 2.05) is 49.4 Å². The number of rotatable bonds is 5. The molecule has 2 N–H and O–H groups in total. The van der Waals surface area contributed by atoms with E-state index in [1.165, 1.54) is 11.3 Å². The Labute approximate surface area is 161 Å². The van der Waals surface area contributed by atoms with Gasteiger partial charge in [0.1, 0.15) is 11.5 Å². The summed E-state index contributed by atoms with van der Waals surface area (Å²) in [6.07, 6.45) is 0. The van der Waals surface area contributed by atoms with E-state index < -0.39 is 11.1 Å². The predicted molar refractivity (Wildman–Crippen MR) is 109 cm³/mol. The van der Waals surface area contributed by atoms with E-state index in [0.717, 1.165) is 15.8 Å². The third kappa shape index (κ3) is 3.82. The highest BCUT2D eigenvalue weighted by Gasteiger charge is 2.10. The standard InChI is InChI=1S/C19H15N3O3S2/c1-12(21-22-19-20-15-7-2-3-8-18(15)26-19)16-9-10-17(25-16)13-5-4-6-14(11-13)27(23)24/h2-11H,1H3,(H,20,22)(H,23,24)/b21-12+. The van der Waals surface area contributed by atoms with Crippen LogP contribution in [0.2, 0.25) is 0 Å². The van der Waals surface area contributed by atoms with E-state index in [1.54, 1.807) is 18.2 Å². The molecule has 0 fully saturated rings. The molecule has 0 saturated heterocycles. The Morgan fingerprint density at radius 1 is 1.19 bits per heavy atom. The van der Waals surface area contributed by atoms with Crippen LogP contribution >= 0.6 is 11.3 Å².